The van der Waals surface area contributed by atoms with E-state index in [0.29, 0.717) is 12.0 Å². The molecule has 1 atom stereocenters. The smallest absolute Gasteiger partial charge is 0.168 e. The summed E-state index contributed by atoms with van der Waals surface area (Å²) in [7, 11) is 3.42. The van der Waals surface area contributed by atoms with Gasteiger partial charge in [-0.1, -0.05) is 19.1 Å². The average Bonchev–Trinajstić information content (AvgIpc) is 2.86. The number of hydrogen-bond acceptors (Lipinski definition) is 3. The summed E-state index contributed by atoms with van der Waals surface area (Å²) in [6.07, 6.45) is 4.11. The van der Waals surface area contributed by atoms with Gasteiger partial charge in [0.1, 0.15) is 0 Å². The summed E-state index contributed by atoms with van der Waals surface area (Å²) >= 11 is 0. The number of aryl methyl sites for hydroxylation is 1. The lowest BCUT2D eigenvalue weighted by molar-refractivity contribution is 0.382. The molecule has 2 rings (SSSR count). The zero-order chi connectivity index (χ0) is 14.5. The molecule has 0 amide bonds. The zero-order valence-electron chi connectivity index (χ0n) is 12.1. The molecule has 108 valence electrons. The standard InChI is InChI=1S/C15H20FN3O/c1-4-18-12(13-9-17-10-19(13)2)8-11-6-5-7-14(20-3)15(11)16/h5-7,9-10,12,18H,4,8H2,1-3H3. The highest BCUT2D eigenvalue weighted by Crippen LogP contribution is 2.25. The Morgan fingerprint density at radius 3 is 2.85 bits per heavy atom. The van der Waals surface area contributed by atoms with Crippen LogP contribution >= 0.6 is 0 Å². The Morgan fingerprint density at radius 1 is 1.45 bits per heavy atom. The van der Waals surface area contributed by atoms with Crippen molar-refractivity contribution in [1.29, 1.82) is 0 Å². The van der Waals surface area contributed by atoms with E-state index < -0.39 is 0 Å². The van der Waals surface area contributed by atoms with Crippen LogP contribution in [0.25, 0.3) is 0 Å². The van der Waals surface area contributed by atoms with Crippen molar-refractivity contribution < 1.29 is 9.13 Å². The number of nitrogens with one attached hydrogen (secondary N) is 1. The number of likely N-dealkylation sites (N-methyl/N-ethyl adjacent to an activating group) is 1. The summed E-state index contributed by atoms with van der Waals surface area (Å²) < 4.78 is 21.2. The van der Waals surface area contributed by atoms with Gasteiger partial charge in [0.05, 0.1) is 25.2 Å². The first kappa shape index (κ1) is 14.5. The lowest BCUT2D eigenvalue weighted by atomic mass is 10.0. The minimum Gasteiger partial charge on any atom is -0.494 e. The number of ether oxygens (including phenoxy) is 1. The largest absolute Gasteiger partial charge is 0.494 e. The van der Waals surface area contributed by atoms with Gasteiger partial charge in [-0.2, -0.15) is 0 Å². The van der Waals surface area contributed by atoms with E-state index in [4.69, 9.17) is 4.74 Å². The molecule has 0 radical (unpaired) electrons. The van der Waals surface area contributed by atoms with E-state index in [9.17, 15) is 4.39 Å². The Bertz CT molecular complexity index is 568. The molecule has 0 aliphatic heterocycles. The van der Waals surface area contributed by atoms with Gasteiger partial charge in [0.15, 0.2) is 11.6 Å². The first-order valence-electron chi connectivity index (χ1n) is 6.68. The van der Waals surface area contributed by atoms with Gasteiger partial charge in [0.2, 0.25) is 0 Å². The fourth-order valence-electron chi connectivity index (χ4n) is 2.32. The lowest BCUT2D eigenvalue weighted by Crippen LogP contribution is -2.25. The maximum atomic E-state index is 14.2. The molecule has 0 bridgehead atoms. The first-order valence-corrected chi connectivity index (χ1v) is 6.68. The molecular formula is C15H20FN3O. The number of methoxy groups -OCH3 is 1. The second-order valence-corrected chi connectivity index (χ2v) is 4.68. The number of hydrogen-bond donors (Lipinski definition) is 1. The average molecular weight is 277 g/mol. The monoisotopic (exact) mass is 277 g/mol. The summed E-state index contributed by atoms with van der Waals surface area (Å²) in [6.45, 7) is 2.84. The molecule has 0 spiro atoms. The summed E-state index contributed by atoms with van der Waals surface area (Å²) in [4.78, 5) is 4.13. The van der Waals surface area contributed by atoms with Gasteiger partial charge in [-0.05, 0) is 24.6 Å². The third-order valence-electron chi connectivity index (χ3n) is 3.35. The van der Waals surface area contributed by atoms with Crippen LogP contribution in [-0.2, 0) is 13.5 Å². The Hall–Kier alpha value is -1.88. The Labute approximate surface area is 118 Å². The summed E-state index contributed by atoms with van der Waals surface area (Å²) in [6, 6.07) is 5.25. The third kappa shape index (κ3) is 2.99. The minimum atomic E-state index is -0.292. The van der Waals surface area contributed by atoms with Crippen LogP contribution in [0.2, 0.25) is 0 Å². The Balaban J connectivity index is 2.27. The van der Waals surface area contributed by atoms with E-state index >= 15 is 0 Å². The van der Waals surface area contributed by atoms with Crippen molar-refractivity contribution in [2.45, 2.75) is 19.4 Å². The zero-order valence-corrected chi connectivity index (χ0v) is 12.1. The number of benzene rings is 1. The summed E-state index contributed by atoms with van der Waals surface area (Å²) in [5.41, 5.74) is 1.67. The molecule has 5 heteroatoms. The van der Waals surface area contributed by atoms with Crippen molar-refractivity contribution in [2.24, 2.45) is 7.05 Å². The molecule has 4 nitrogen and oxygen atoms in total. The van der Waals surface area contributed by atoms with Crippen molar-refractivity contribution >= 4 is 0 Å². The number of aromatic nitrogens is 2. The summed E-state index contributed by atoms with van der Waals surface area (Å²) in [5, 5.41) is 3.37. The second-order valence-electron chi connectivity index (χ2n) is 4.68. The summed E-state index contributed by atoms with van der Waals surface area (Å²) in [5.74, 6) is -0.0113. The van der Waals surface area contributed by atoms with Crippen molar-refractivity contribution in [2.75, 3.05) is 13.7 Å². The quantitative estimate of drug-likeness (QED) is 0.881. The topological polar surface area (TPSA) is 39.1 Å². The van der Waals surface area contributed by atoms with E-state index in [2.05, 4.69) is 10.3 Å². The van der Waals surface area contributed by atoms with Gasteiger partial charge in [-0.25, -0.2) is 9.37 Å². The molecule has 0 aliphatic carbocycles. The number of rotatable bonds is 6. The predicted molar refractivity (Wildman–Crippen MR) is 76.3 cm³/mol. The third-order valence-corrected chi connectivity index (χ3v) is 3.35. The SMILES string of the molecule is CCNC(Cc1cccc(OC)c1F)c1cncn1C. The van der Waals surface area contributed by atoms with Crippen molar-refractivity contribution in [1.82, 2.24) is 14.9 Å². The normalized spacial score (nSPS) is 12.4. The number of halogens is 1. The molecule has 1 aromatic heterocycles. The highest BCUT2D eigenvalue weighted by molar-refractivity contribution is 5.32. The Kier molecular flexibility index (Phi) is 4.74. The molecule has 0 fully saturated rings. The van der Waals surface area contributed by atoms with E-state index in [0.717, 1.165) is 12.2 Å². The van der Waals surface area contributed by atoms with Crippen molar-refractivity contribution in [3.63, 3.8) is 0 Å². The van der Waals surface area contributed by atoms with E-state index in [1.807, 2.05) is 30.8 Å². The molecule has 1 N–H and O–H groups in total. The van der Waals surface area contributed by atoms with Crippen LogP contribution in [0.4, 0.5) is 4.39 Å². The van der Waals surface area contributed by atoms with E-state index in [1.54, 1.807) is 18.5 Å². The van der Waals surface area contributed by atoms with Crippen molar-refractivity contribution in [3.8, 4) is 5.75 Å². The first-order chi connectivity index (χ1) is 9.67. The molecule has 2 aromatic rings. The van der Waals surface area contributed by atoms with E-state index in [1.165, 1.54) is 7.11 Å². The molecule has 0 saturated heterocycles. The van der Waals surface area contributed by atoms with Crippen LogP contribution in [0.1, 0.15) is 24.2 Å². The molecule has 0 aliphatic rings. The van der Waals surface area contributed by atoms with Crippen LogP contribution in [0.5, 0.6) is 5.75 Å². The van der Waals surface area contributed by atoms with E-state index in [-0.39, 0.29) is 17.6 Å². The maximum absolute atomic E-state index is 14.2. The number of imidazole rings is 1. The molecule has 0 saturated carbocycles. The van der Waals surface area contributed by atoms with Crippen molar-refractivity contribution in [3.05, 3.63) is 47.8 Å². The van der Waals surface area contributed by atoms with Gasteiger partial charge in [-0.3, -0.25) is 0 Å². The van der Waals surface area contributed by atoms with Crippen LogP contribution in [0, 0.1) is 5.82 Å². The second kappa shape index (κ2) is 6.52. The molecule has 1 aromatic carbocycles. The molecular weight excluding hydrogens is 257 g/mol. The van der Waals surface area contributed by atoms with Gasteiger partial charge in [0.25, 0.3) is 0 Å². The lowest BCUT2D eigenvalue weighted by Gasteiger charge is -2.19. The van der Waals surface area contributed by atoms with Crippen LogP contribution in [0.15, 0.2) is 30.7 Å². The maximum Gasteiger partial charge on any atom is 0.168 e. The van der Waals surface area contributed by atoms with Crippen LogP contribution < -0.4 is 10.1 Å². The predicted octanol–water partition coefficient (Wildman–Crippen LogP) is 2.46. The fraction of sp³-hybridized carbons (Fsp3) is 0.400. The van der Waals surface area contributed by atoms with Gasteiger partial charge in [0, 0.05) is 13.2 Å². The molecule has 1 heterocycles. The highest BCUT2D eigenvalue weighted by atomic mass is 19.1. The highest BCUT2D eigenvalue weighted by Gasteiger charge is 2.18. The minimum absolute atomic E-state index is 0.0223. The molecule has 1 unspecified atom stereocenters. The molecule has 20 heavy (non-hydrogen) atoms. The van der Waals surface area contributed by atoms with Crippen LogP contribution in [0.3, 0.4) is 0 Å². The Morgan fingerprint density at radius 2 is 2.25 bits per heavy atom. The number of nitrogens with zero attached hydrogens (tertiary/aromatic N) is 2. The van der Waals surface area contributed by atoms with Gasteiger partial charge in [-0.15, -0.1) is 0 Å². The van der Waals surface area contributed by atoms with Gasteiger partial charge >= 0.3 is 0 Å². The van der Waals surface area contributed by atoms with Crippen LogP contribution in [-0.4, -0.2) is 23.2 Å². The fourth-order valence-corrected chi connectivity index (χ4v) is 2.32. The van der Waals surface area contributed by atoms with Gasteiger partial charge < -0.3 is 14.6 Å².